The molecular formula is C16H26N2O3. The third kappa shape index (κ3) is 6.23. The van der Waals surface area contributed by atoms with E-state index in [1.807, 2.05) is 13.0 Å². The van der Waals surface area contributed by atoms with Gasteiger partial charge in [0.2, 0.25) is 0 Å². The second-order valence-electron chi connectivity index (χ2n) is 5.77. The molecule has 1 unspecified atom stereocenters. The number of benzene rings is 1. The van der Waals surface area contributed by atoms with Gasteiger partial charge in [-0.25, -0.2) is 0 Å². The van der Waals surface area contributed by atoms with Crippen LogP contribution in [0.5, 0.6) is 0 Å². The van der Waals surface area contributed by atoms with Crippen molar-refractivity contribution in [2.75, 3.05) is 19.8 Å². The van der Waals surface area contributed by atoms with Gasteiger partial charge in [-0.05, 0) is 31.7 Å². The van der Waals surface area contributed by atoms with Crippen molar-refractivity contribution in [3.8, 4) is 0 Å². The second kappa shape index (κ2) is 8.74. The average Bonchev–Trinajstić information content (AvgIpc) is 2.42. The van der Waals surface area contributed by atoms with Crippen molar-refractivity contribution >= 4 is 5.69 Å². The number of nitrogens with one attached hydrogen (secondary N) is 1. The van der Waals surface area contributed by atoms with Gasteiger partial charge in [0.05, 0.1) is 11.5 Å². The maximum atomic E-state index is 10.9. The van der Waals surface area contributed by atoms with Gasteiger partial charge >= 0.3 is 0 Å². The Morgan fingerprint density at radius 1 is 1.29 bits per heavy atom. The van der Waals surface area contributed by atoms with Gasteiger partial charge in [0.15, 0.2) is 0 Å². The molecule has 0 spiro atoms. The number of hydrogen-bond acceptors (Lipinski definition) is 4. The number of rotatable bonds is 9. The lowest BCUT2D eigenvalue weighted by Crippen LogP contribution is -2.23. The van der Waals surface area contributed by atoms with Crippen LogP contribution in [0.25, 0.3) is 0 Å². The Hall–Kier alpha value is -1.46. The normalized spacial score (nSPS) is 12.6. The molecule has 0 saturated carbocycles. The molecule has 0 aliphatic rings. The highest BCUT2D eigenvalue weighted by Crippen LogP contribution is 2.22. The Balaban J connectivity index is 2.40. The van der Waals surface area contributed by atoms with Crippen LogP contribution in [0.2, 0.25) is 0 Å². The number of nitrogens with zero attached hydrogens (tertiary/aromatic N) is 1. The number of nitro groups is 1. The molecule has 0 aliphatic heterocycles. The van der Waals surface area contributed by atoms with E-state index in [0.717, 1.165) is 25.1 Å². The fourth-order valence-electron chi connectivity index (χ4n) is 1.98. The largest absolute Gasteiger partial charge is 0.380 e. The highest BCUT2D eigenvalue weighted by atomic mass is 16.6. The average molecular weight is 294 g/mol. The summed E-state index contributed by atoms with van der Waals surface area (Å²) < 4.78 is 5.54. The molecule has 0 aliphatic carbocycles. The zero-order valence-electron chi connectivity index (χ0n) is 13.4. The summed E-state index contributed by atoms with van der Waals surface area (Å²) in [6, 6.07) is 5.44. The smallest absolute Gasteiger partial charge is 0.272 e. The summed E-state index contributed by atoms with van der Waals surface area (Å²) in [6.45, 7) is 10.3. The van der Waals surface area contributed by atoms with Gasteiger partial charge in [-0.15, -0.1) is 0 Å². The molecule has 21 heavy (non-hydrogen) atoms. The number of aryl methyl sites for hydroxylation is 1. The van der Waals surface area contributed by atoms with E-state index in [1.54, 1.807) is 19.1 Å². The van der Waals surface area contributed by atoms with Crippen LogP contribution in [0.1, 0.15) is 44.4 Å². The summed E-state index contributed by atoms with van der Waals surface area (Å²) in [5, 5.41) is 14.3. The summed E-state index contributed by atoms with van der Waals surface area (Å²) in [4.78, 5) is 10.6. The first-order chi connectivity index (χ1) is 9.91. The molecule has 5 heteroatoms. The minimum absolute atomic E-state index is 0.0676. The van der Waals surface area contributed by atoms with E-state index in [1.165, 1.54) is 0 Å². The summed E-state index contributed by atoms with van der Waals surface area (Å²) in [7, 11) is 0. The van der Waals surface area contributed by atoms with Crippen molar-refractivity contribution < 1.29 is 9.66 Å². The zero-order valence-corrected chi connectivity index (χ0v) is 13.4. The molecule has 0 aromatic heterocycles. The molecule has 1 rings (SSSR count). The van der Waals surface area contributed by atoms with Crippen LogP contribution in [0, 0.1) is 23.0 Å². The van der Waals surface area contributed by atoms with E-state index in [-0.39, 0.29) is 16.7 Å². The lowest BCUT2D eigenvalue weighted by atomic mass is 10.0. The maximum Gasteiger partial charge on any atom is 0.272 e. The first-order valence-corrected chi connectivity index (χ1v) is 7.48. The topological polar surface area (TPSA) is 64.4 Å². The summed E-state index contributed by atoms with van der Waals surface area (Å²) in [5.41, 5.74) is 1.79. The predicted molar refractivity (Wildman–Crippen MR) is 84.5 cm³/mol. The Morgan fingerprint density at radius 2 is 2.00 bits per heavy atom. The minimum atomic E-state index is -0.333. The summed E-state index contributed by atoms with van der Waals surface area (Å²) >= 11 is 0. The van der Waals surface area contributed by atoms with Crippen LogP contribution < -0.4 is 5.32 Å². The van der Waals surface area contributed by atoms with Gasteiger partial charge in [0.25, 0.3) is 5.69 Å². The van der Waals surface area contributed by atoms with Gasteiger partial charge in [-0.3, -0.25) is 10.1 Å². The minimum Gasteiger partial charge on any atom is -0.380 e. The molecule has 1 N–H and O–H groups in total. The molecule has 0 bridgehead atoms. The Kier molecular flexibility index (Phi) is 7.32. The van der Waals surface area contributed by atoms with E-state index in [9.17, 15) is 10.1 Å². The number of ether oxygens (including phenoxy) is 1. The SMILES string of the molecule is Cc1ccc(C(C)NCCOCCC(C)C)cc1[N+](=O)[O-]. The van der Waals surface area contributed by atoms with Crippen molar-refractivity contribution in [2.24, 2.45) is 5.92 Å². The molecule has 1 atom stereocenters. The fourth-order valence-corrected chi connectivity index (χ4v) is 1.98. The van der Waals surface area contributed by atoms with Crippen molar-refractivity contribution in [1.82, 2.24) is 5.32 Å². The molecule has 0 fully saturated rings. The monoisotopic (exact) mass is 294 g/mol. The zero-order chi connectivity index (χ0) is 15.8. The van der Waals surface area contributed by atoms with Crippen LogP contribution >= 0.6 is 0 Å². The molecule has 0 amide bonds. The van der Waals surface area contributed by atoms with E-state index < -0.39 is 0 Å². The Bertz CT molecular complexity index is 461. The van der Waals surface area contributed by atoms with Gasteiger partial charge in [0, 0.05) is 30.8 Å². The highest BCUT2D eigenvalue weighted by Gasteiger charge is 2.13. The van der Waals surface area contributed by atoms with Gasteiger partial charge in [0.1, 0.15) is 0 Å². The molecule has 5 nitrogen and oxygen atoms in total. The number of nitro benzene ring substituents is 1. The third-order valence-corrected chi connectivity index (χ3v) is 3.47. The Morgan fingerprint density at radius 3 is 2.62 bits per heavy atom. The van der Waals surface area contributed by atoms with Crippen molar-refractivity contribution in [2.45, 2.75) is 40.2 Å². The standard InChI is InChI=1S/C16H26N2O3/c1-12(2)7-9-21-10-8-17-14(4)15-6-5-13(3)16(11-15)18(19)20/h5-6,11-12,14,17H,7-10H2,1-4H3. The molecular weight excluding hydrogens is 268 g/mol. The molecule has 1 aromatic rings. The molecule has 118 valence electrons. The van der Waals surface area contributed by atoms with Gasteiger partial charge < -0.3 is 10.1 Å². The van der Waals surface area contributed by atoms with Crippen LogP contribution in [0.4, 0.5) is 5.69 Å². The molecule has 0 radical (unpaired) electrons. The van der Waals surface area contributed by atoms with Gasteiger partial charge in [-0.1, -0.05) is 26.0 Å². The first-order valence-electron chi connectivity index (χ1n) is 7.48. The molecule has 0 heterocycles. The maximum absolute atomic E-state index is 10.9. The van der Waals surface area contributed by atoms with E-state index in [0.29, 0.717) is 18.1 Å². The van der Waals surface area contributed by atoms with Crippen LogP contribution in [-0.4, -0.2) is 24.7 Å². The summed E-state index contributed by atoms with van der Waals surface area (Å²) in [6.07, 6.45) is 1.07. The lowest BCUT2D eigenvalue weighted by molar-refractivity contribution is -0.385. The van der Waals surface area contributed by atoms with E-state index in [2.05, 4.69) is 19.2 Å². The second-order valence-corrected chi connectivity index (χ2v) is 5.77. The van der Waals surface area contributed by atoms with Crippen LogP contribution in [-0.2, 0) is 4.74 Å². The molecule has 1 aromatic carbocycles. The lowest BCUT2D eigenvalue weighted by Gasteiger charge is -2.15. The molecule has 0 saturated heterocycles. The van der Waals surface area contributed by atoms with Gasteiger partial charge in [-0.2, -0.15) is 0 Å². The Labute approximate surface area is 126 Å². The van der Waals surface area contributed by atoms with Crippen molar-refractivity contribution in [3.63, 3.8) is 0 Å². The van der Waals surface area contributed by atoms with Crippen LogP contribution in [0.15, 0.2) is 18.2 Å². The van der Waals surface area contributed by atoms with Crippen molar-refractivity contribution in [3.05, 3.63) is 39.4 Å². The third-order valence-electron chi connectivity index (χ3n) is 3.47. The quantitative estimate of drug-likeness (QED) is 0.429. The highest BCUT2D eigenvalue weighted by molar-refractivity contribution is 5.43. The van der Waals surface area contributed by atoms with Crippen molar-refractivity contribution in [1.29, 1.82) is 0 Å². The van der Waals surface area contributed by atoms with E-state index >= 15 is 0 Å². The predicted octanol–water partition coefficient (Wildman–Crippen LogP) is 3.62. The summed E-state index contributed by atoms with van der Waals surface area (Å²) in [5.74, 6) is 0.657. The number of hydrogen-bond donors (Lipinski definition) is 1. The van der Waals surface area contributed by atoms with Crippen LogP contribution in [0.3, 0.4) is 0 Å². The first kappa shape index (κ1) is 17.6. The fraction of sp³-hybridized carbons (Fsp3) is 0.625. The van der Waals surface area contributed by atoms with E-state index in [4.69, 9.17) is 4.74 Å².